The third-order valence-corrected chi connectivity index (χ3v) is 3.07. The number of benzene rings is 1. The number of aliphatic carboxylic acids is 1. The van der Waals surface area contributed by atoms with Crippen LogP contribution in [0.3, 0.4) is 0 Å². The van der Waals surface area contributed by atoms with Gasteiger partial charge in [0, 0.05) is 17.1 Å². The number of fused-ring (bicyclic) bond motifs is 1. The van der Waals surface area contributed by atoms with Crippen LogP contribution < -0.4 is 0 Å². The molecule has 3 aromatic rings. The highest BCUT2D eigenvalue weighted by molar-refractivity contribution is 5.78. The maximum absolute atomic E-state index is 10.6. The topological polar surface area (TPSA) is 63.1 Å². The minimum Gasteiger partial charge on any atom is -0.481 e. The average molecular weight is 264 g/mol. The van der Waals surface area contributed by atoms with Gasteiger partial charge in [0.25, 0.3) is 0 Å². The van der Waals surface area contributed by atoms with Gasteiger partial charge in [-0.25, -0.2) is 9.97 Å². The van der Waals surface area contributed by atoms with E-state index < -0.39 is 5.97 Å². The summed E-state index contributed by atoms with van der Waals surface area (Å²) >= 11 is 0. The van der Waals surface area contributed by atoms with Crippen LogP contribution in [0.2, 0.25) is 0 Å². The molecule has 20 heavy (non-hydrogen) atoms. The van der Waals surface area contributed by atoms with Crippen LogP contribution >= 0.6 is 0 Å². The summed E-state index contributed by atoms with van der Waals surface area (Å²) in [5, 5.41) is 9.75. The molecular weight excluding hydrogens is 252 g/mol. The van der Waals surface area contributed by atoms with Crippen molar-refractivity contribution in [3.05, 3.63) is 60.3 Å². The van der Waals surface area contributed by atoms with Gasteiger partial charge >= 0.3 is 5.97 Å². The molecule has 0 radical (unpaired) electrons. The number of nitrogens with zero attached hydrogens (tertiary/aromatic N) is 2. The second-order valence-corrected chi connectivity index (χ2v) is 4.51. The first kappa shape index (κ1) is 12.3. The SMILES string of the molecule is O=C(O)Cc1ccc(-c2ccc3cccnc3n2)cc1. The molecule has 4 heteroatoms. The van der Waals surface area contributed by atoms with Crippen LogP contribution in [0, 0.1) is 0 Å². The average Bonchev–Trinajstić information content (AvgIpc) is 2.47. The van der Waals surface area contributed by atoms with E-state index in [2.05, 4.69) is 9.97 Å². The molecule has 0 fully saturated rings. The van der Waals surface area contributed by atoms with Crippen molar-refractivity contribution in [3.63, 3.8) is 0 Å². The number of aromatic nitrogens is 2. The largest absolute Gasteiger partial charge is 0.481 e. The first-order valence-electron chi connectivity index (χ1n) is 6.25. The molecule has 1 N–H and O–H groups in total. The predicted octanol–water partition coefficient (Wildman–Crippen LogP) is 2.92. The third-order valence-electron chi connectivity index (χ3n) is 3.07. The number of rotatable bonds is 3. The lowest BCUT2D eigenvalue weighted by Gasteiger charge is -2.04. The van der Waals surface area contributed by atoms with Crippen LogP contribution in [-0.4, -0.2) is 21.0 Å². The van der Waals surface area contributed by atoms with Crippen molar-refractivity contribution < 1.29 is 9.90 Å². The minimum absolute atomic E-state index is 0.0347. The minimum atomic E-state index is -0.828. The van der Waals surface area contributed by atoms with Gasteiger partial charge in [-0.2, -0.15) is 0 Å². The van der Waals surface area contributed by atoms with E-state index in [1.54, 1.807) is 6.20 Å². The van der Waals surface area contributed by atoms with Gasteiger partial charge in [-0.15, -0.1) is 0 Å². The summed E-state index contributed by atoms with van der Waals surface area (Å²) in [6.45, 7) is 0. The molecule has 0 amide bonds. The van der Waals surface area contributed by atoms with E-state index in [4.69, 9.17) is 5.11 Å². The predicted molar refractivity (Wildman–Crippen MR) is 76.3 cm³/mol. The Bertz CT molecular complexity index is 767. The fraction of sp³-hybridized carbons (Fsp3) is 0.0625. The van der Waals surface area contributed by atoms with E-state index >= 15 is 0 Å². The molecule has 1 aromatic carbocycles. The highest BCUT2D eigenvalue weighted by Gasteiger charge is 2.04. The van der Waals surface area contributed by atoms with E-state index in [-0.39, 0.29) is 6.42 Å². The Morgan fingerprint density at radius 2 is 1.85 bits per heavy atom. The molecule has 0 atom stereocenters. The summed E-state index contributed by atoms with van der Waals surface area (Å²) in [5.41, 5.74) is 3.27. The number of hydrogen-bond donors (Lipinski definition) is 1. The van der Waals surface area contributed by atoms with Crippen molar-refractivity contribution in [2.45, 2.75) is 6.42 Å². The van der Waals surface area contributed by atoms with Gasteiger partial charge in [0.1, 0.15) is 0 Å². The summed E-state index contributed by atoms with van der Waals surface area (Å²) in [5.74, 6) is -0.828. The normalized spacial score (nSPS) is 10.6. The van der Waals surface area contributed by atoms with Crippen molar-refractivity contribution in [1.82, 2.24) is 9.97 Å². The van der Waals surface area contributed by atoms with Gasteiger partial charge in [-0.3, -0.25) is 4.79 Å². The number of carbonyl (C=O) groups is 1. The van der Waals surface area contributed by atoms with Gasteiger partial charge in [0.2, 0.25) is 0 Å². The molecule has 0 unspecified atom stereocenters. The number of hydrogen-bond acceptors (Lipinski definition) is 3. The smallest absolute Gasteiger partial charge is 0.307 e. The van der Waals surface area contributed by atoms with Crippen molar-refractivity contribution in [3.8, 4) is 11.3 Å². The number of pyridine rings is 2. The molecule has 0 saturated heterocycles. The lowest BCUT2D eigenvalue weighted by Crippen LogP contribution is -1.99. The Labute approximate surface area is 115 Å². The molecule has 98 valence electrons. The molecule has 0 aliphatic heterocycles. The summed E-state index contributed by atoms with van der Waals surface area (Å²) in [7, 11) is 0. The molecule has 0 saturated carbocycles. The molecule has 2 heterocycles. The van der Waals surface area contributed by atoms with E-state index in [0.717, 1.165) is 22.2 Å². The Balaban J connectivity index is 1.96. The fourth-order valence-electron chi connectivity index (χ4n) is 2.08. The van der Waals surface area contributed by atoms with Crippen LogP contribution in [0.15, 0.2) is 54.7 Å². The molecule has 0 aliphatic carbocycles. The standard InChI is InChI=1S/C16H12N2O2/c19-15(20)10-11-3-5-12(6-4-11)14-8-7-13-2-1-9-17-16(13)18-14/h1-9H,10H2,(H,19,20). The molecule has 2 aromatic heterocycles. The fourth-order valence-corrected chi connectivity index (χ4v) is 2.08. The summed E-state index contributed by atoms with van der Waals surface area (Å²) in [4.78, 5) is 19.4. The van der Waals surface area contributed by atoms with Crippen molar-refractivity contribution in [1.29, 1.82) is 0 Å². The first-order chi connectivity index (χ1) is 9.72. The zero-order valence-electron chi connectivity index (χ0n) is 10.7. The van der Waals surface area contributed by atoms with E-state index in [9.17, 15) is 4.79 Å². The third kappa shape index (κ3) is 2.49. The van der Waals surface area contributed by atoms with Gasteiger partial charge in [0.15, 0.2) is 5.65 Å². The lowest BCUT2D eigenvalue weighted by atomic mass is 10.1. The lowest BCUT2D eigenvalue weighted by molar-refractivity contribution is -0.136. The Hall–Kier alpha value is -2.75. The van der Waals surface area contributed by atoms with Crippen molar-refractivity contribution in [2.75, 3.05) is 0 Å². The zero-order valence-corrected chi connectivity index (χ0v) is 10.7. The van der Waals surface area contributed by atoms with Crippen LogP contribution in [0.1, 0.15) is 5.56 Å². The number of carboxylic acids is 1. The van der Waals surface area contributed by atoms with E-state index in [1.807, 2.05) is 48.5 Å². The van der Waals surface area contributed by atoms with Crippen molar-refractivity contribution in [2.24, 2.45) is 0 Å². The molecular formula is C16H12N2O2. The highest BCUT2D eigenvalue weighted by Crippen LogP contribution is 2.20. The molecule has 0 bridgehead atoms. The van der Waals surface area contributed by atoms with Crippen molar-refractivity contribution >= 4 is 17.0 Å². The quantitative estimate of drug-likeness (QED) is 0.790. The molecule has 0 aliphatic rings. The van der Waals surface area contributed by atoms with E-state index in [1.165, 1.54) is 0 Å². The summed E-state index contributed by atoms with van der Waals surface area (Å²) < 4.78 is 0. The maximum Gasteiger partial charge on any atom is 0.307 e. The Morgan fingerprint density at radius 3 is 2.60 bits per heavy atom. The summed E-state index contributed by atoms with van der Waals surface area (Å²) in [6, 6.07) is 15.2. The maximum atomic E-state index is 10.6. The first-order valence-corrected chi connectivity index (χ1v) is 6.25. The van der Waals surface area contributed by atoms with Gasteiger partial charge in [-0.05, 0) is 29.8 Å². The Morgan fingerprint density at radius 1 is 1.05 bits per heavy atom. The summed E-state index contributed by atoms with van der Waals surface area (Å²) in [6.07, 6.45) is 1.75. The molecule has 4 nitrogen and oxygen atoms in total. The van der Waals surface area contributed by atoms with E-state index in [0.29, 0.717) is 5.65 Å². The van der Waals surface area contributed by atoms with Gasteiger partial charge < -0.3 is 5.11 Å². The number of carboxylic acid groups (broad SMARTS) is 1. The second-order valence-electron chi connectivity index (χ2n) is 4.51. The van der Waals surface area contributed by atoms with Crippen LogP contribution in [0.5, 0.6) is 0 Å². The van der Waals surface area contributed by atoms with Crippen LogP contribution in [0.4, 0.5) is 0 Å². The Kier molecular flexibility index (Phi) is 3.13. The van der Waals surface area contributed by atoms with Crippen LogP contribution in [-0.2, 0) is 11.2 Å². The molecule has 3 rings (SSSR count). The van der Waals surface area contributed by atoms with Crippen LogP contribution in [0.25, 0.3) is 22.3 Å². The monoisotopic (exact) mass is 264 g/mol. The zero-order chi connectivity index (χ0) is 13.9. The van der Waals surface area contributed by atoms with Gasteiger partial charge in [0.05, 0.1) is 12.1 Å². The highest BCUT2D eigenvalue weighted by atomic mass is 16.4. The second kappa shape index (κ2) is 5.09. The van der Waals surface area contributed by atoms with Gasteiger partial charge in [-0.1, -0.05) is 24.3 Å². The molecule has 0 spiro atoms.